The number of carbonyl (C=O) groups is 1. The first-order valence-corrected chi connectivity index (χ1v) is 9.83. The zero-order valence-corrected chi connectivity index (χ0v) is 17.3. The van der Waals surface area contributed by atoms with Crippen LogP contribution in [0.5, 0.6) is 0 Å². The van der Waals surface area contributed by atoms with Gasteiger partial charge in [0.15, 0.2) is 5.69 Å². The normalized spacial score (nSPS) is 11.0. The molecule has 4 rings (SSSR count). The number of amides is 1. The van der Waals surface area contributed by atoms with Crippen molar-refractivity contribution in [1.29, 1.82) is 0 Å². The molecule has 0 saturated heterocycles. The molecule has 0 aliphatic carbocycles. The van der Waals surface area contributed by atoms with Crippen molar-refractivity contribution in [2.75, 3.05) is 17.7 Å². The van der Waals surface area contributed by atoms with Crippen LogP contribution >= 0.6 is 0 Å². The van der Waals surface area contributed by atoms with Gasteiger partial charge in [-0.15, -0.1) is 0 Å². The fourth-order valence-electron chi connectivity index (χ4n) is 3.80. The molecular formula is C23H23N5O3. The molecule has 31 heavy (non-hydrogen) atoms. The first kappa shape index (κ1) is 20.2. The summed E-state index contributed by atoms with van der Waals surface area (Å²) in [5.74, 6) is -0.357. The third kappa shape index (κ3) is 3.75. The average Bonchev–Trinajstić information content (AvgIpc) is 3.07. The van der Waals surface area contributed by atoms with Gasteiger partial charge in [-0.25, -0.2) is 4.79 Å². The number of aromatic amines is 1. The Hall–Kier alpha value is -4.07. The number of fused-ring (bicyclic) bond motifs is 1. The molecular weight excluding hydrogens is 394 g/mol. The number of hydrogen-bond acceptors (Lipinski definition) is 4. The van der Waals surface area contributed by atoms with Gasteiger partial charge in [-0.1, -0.05) is 48.5 Å². The third-order valence-corrected chi connectivity index (χ3v) is 5.43. The fraction of sp³-hybridized carbons (Fsp3) is 0.174. The van der Waals surface area contributed by atoms with Crippen molar-refractivity contribution >= 4 is 28.3 Å². The molecule has 0 aliphatic heterocycles. The topological polar surface area (TPSA) is 106 Å². The highest BCUT2D eigenvalue weighted by Gasteiger charge is 2.22. The molecule has 0 unspecified atom stereocenters. The molecule has 1 amide bonds. The van der Waals surface area contributed by atoms with Gasteiger partial charge >= 0.3 is 5.69 Å². The maximum Gasteiger partial charge on any atom is 0.330 e. The molecule has 4 aromatic rings. The molecule has 2 heterocycles. The summed E-state index contributed by atoms with van der Waals surface area (Å²) in [6.45, 7) is 0.181. The Labute approximate surface area is 178 Å². The van der Waals surface area contributed by atoms with Crippen LogP contribution < -0.4 is 21.9 Å². The Morgan fingerprint density at radius 3 is 2.48 bits per heavy atom. The van der Waals surface area contributed by atoms with Crippen molar-refractivity contribution in [3.8, 4) is 0 Å². The molecule has 0 fully saturated rings. The summed E-state index contributed by atoms with van der Waals surface area (Å²) in [6.07, 6.45) is 1.99. The average molecular weight is 417 g/mol. The first-order chi connectivity index (χ1) is 14.9. The van der Waals surface area contributed by atoms with Crippen molar-refractivity contribution in [3.05, 3.63) is 92.8 Å². The van der Waals surface area contributed by atoms with Crippen LogP contribution in [0.2, 0.25) is 0 Å². The Kier molecular flexibility index (Phi) is 5.21. The monoisotopic (exact) mass is 417 g/mol. The minimum atomic E-state index is -0.694. The Morgan fingerprint density at radius 1 is 1.06 bits per heavy atom. The van der Waals surface area contributed by atoms with Crippen LogP contribution in [-0.2, 0) is 24.8 Å². The number of nitrogen functional groups attached to an aromatic ring is 1. The van der Waals surface area contributed by atoms with Gasteiger partial charge in [0.1, 0.15) is 5.82 Å². The van der Waals surface area contributed by atoms with Crippen molar-refractivity contribution < 1.29 is 4.79 Å². The molecule has 0 radical (unpaired) electrons. The lowest BCUT2D eigenvalue weighted by Gasteiger charge is -2.20. The predicted octanol–water partition coefficient (Wildman–Crippen LogP) is 1.86. The molecule has 0 atom stereocenters. The number of nitrogens with one attached hydrogen (secondary N) is 1. The number of H-pyrrole nitrogens is 1. The number of hydrogen-bond donors (Lipinski definition) is 2. The Balaban J connectivity index is 1.68. The van der Waals surface area contributed by atoms with E-state index in [4.69, 9.17) is 5.73 Å². The van der Waals surface area contributed by atoms with E-state index in [-0.39, 0.29) is 30.4 Å². The van der Waals surface area contributed by atoms with Crippen LogP contribution in [0, 0.1) is 0 Å². The van der Waals surface area contributed by atoms with Crippen molar-refractivity contribution in [2.45, 2.75) is 13.0 Å². The molecule has 0 bridgehead atoms. The second-order valence-electron chi connectivity index (χ2n) is 7.48. The quantitative estimate of drug-likeness (QED) is 0.517. The van der Waals surface area contributed by atoms with E-state index in [2.05, 4.69) is 4.98 Å². The standard InChI is InChI=1S/C23H23N5O3/c1-26-14-16(17-10-6-7-11-18(17)26)12-19(29)27(2)20-21(24)28(23(31)25-22(20)30)13-15-8-4-3-5-9-15/h3-11,14H,12-13,24H2,1-2H3,(H,25,30,31). The number of nitrogens with zero attached hydrogens (tertiary/aromatic N) is 3. The molecule has 0 aliphatic rings. The maximum atomic E-state index is 13.0. The van der Waals surface area contributed by atoms with Gasteiger partial charge in [-0.3, -0.25) is 19.1 Å². The summed E-state index contributed by atoms with van der Waals surface area (Å²) in [7, 11) is 3.41. The summed E-state index contributed by atoms with van der Waals surface area (Å²) in [4.78, 5) is 41.4. The number of para-hydroxylation sites is 1. The van der Waals surface area contributed by atoms with Crippen LogP contribution in [0.4, 0.5) is 11.5 Å². The second kappa shape index (κ2) is 7.98. The first-order valence-electron chi connectivity index (χ1n) is 9.83. The summed E-state index contributed by atoms with van der Waals surface area (Å²) in [5.41, 5.74) is 7.56. The lowest BCUT2D eigenvalue weighted by molar-refractivity contribution is -0.117. The Morgan fingerprint density at radius 2 is 1.74 bits per heavy atom. The van der Waals surface area contributed by atoms with Gasteiger partial charge < -0.3 is 15.2 Å². The van der Waals surface area contributed by atoms with Crippen molar-refractivity contribution in [3.63, 3.8) is 0 Å². The number of nitrogens with two attached hydrogens (primary N) is 1. The molecule has 0 spiro atoms. The summed E-state index contributed by atoms with van der Waals surface area (Å²) >= 11 is 0. The number of aryl methyl sites for hydroxylation is 1. The van der Waals surface area contributed by atoms with E-state index in [0.29, 0.717) is 0 Å². The maximum absolute atomic E-state index is 13.0. The summed E-state index contributed by atoms with van der Waals surface area (Å²) in [6, 6.07) is 17.1. The largest absolute Gasteiger partial charge is 0.383 e. The molecule has 0 saturated carbocycles. The van der Waals surface area contributed by atoms with E-state index in [1.807, 2.05) is 72.4 Å². The van der Waals surface area contributed by atoms with Crippen molar-refractivity contribution in [1.82, 2.24) is 14.1 Å². The van der Waals surface area contributed by atoms with E-state index in [9.17, 15) is 14.4 Å². The van der Waals surface area contributed by atoms with Crippen LogP contribution in [0.15, 0.2) is 70.4 Å². The zero-order valence-electron chi connectivity index (χ0n) is 17.3. The number of aromatic nitrogens is 3. The molecule has 8 heteroatoms. The van der Waals surface area contributed by atoms with Gasteiger partial charge in [-0.2, -0.15) is 0 Å². The van der Waals surface area contributed by atoms with Crippen LogP contribution in [0.3, 0.4) is 0 Å². The van der Waals surface area contributed by atoms with Crippen molar-refractivity contribution in [2.24, 2.45) is 7.05 Å². The minimum Gasteiger partial charge on any atom is -0.383 e. The number of anilines is 2. The Bertz CT molecular complexity index is 1380. The van der Waals surface area contributed by atoms with Crippen LogP contribution in [-0.4, -0.2) is 27.1 Å². The summed E-state index contributed by atoms with van der Waals surface area (Å²) in [5, 5.41) is 0.975. The highest BCUT2D eigenvalue weighted by atomic mass is 16.2. The molecule has 2 aromatic heterocycles. The number of rotatable bonds is 5. The highest BCUT2D eigenvalue weighted by molar-refractivity contribution is 5.98. The fourth-order valence-corrected chi connectivity index (χ4v) is 3.80. The molecule has 158 valence electrons. The van der Waals surface area contributed by atoms with E-state index >= 15 is 0 Å². The minimum absolute atomic E-state index is 0.0410. The summed E-state index contributed by atoms with van der Waals surface area (Å²) < 4.78 is 3.22. The molecule has 3 N–H and O–H groups in total. The number of carbonyl (C=O) groups excluding carboxylic acids is 1. The molecule has 8 nitrogen and oxygen atoms in total. The second-order valence-corrected chi connectivity index (χ2v) is 7.48. The number of benzene rings is 2. The van der Waals surface area contributed by atoms with Gasteiger partial charge in [-0.05, 0) is 17.2 Å². The van der Waals surface area contributed by atoms with Gasteiger partial charge in [0, 0.05) is 31.2 Å². The van der Waals surface area contributed by atoms with Crippen LogP contribution in [0.1, 0.15) is 11.1 Å². The zero-order chi connectivity index (χ0) is 22.1. The van der Waals surface area contributed by atoms with Gasteiger partial charge in [0.25, 0.3) is 5.56 Å². The predicted molar refractivity (Wildman–Crippen MR) is 121 cm³/mol. The highest BCUT2D eigenvalue weighted by Crippen LogP contribution is 2.23. The molecule has 2 aromatic carbocycles. The van der Waals surface area contributed by atoms with E-state index < -0.39 is 11.2 Å². The SMILES string of the molecule is CN(C(=O)Cc1cn(C)c2ccccc12)c1c(N)n(Cc2ccccc2)c(=O)[nH]c1=O. The van der Waals surface area contributed by atoms with E-state index in [0.717, 1.165) is 22.0 Å². The van der Waals surface area contributed by atoms with E-state index in [1.165, 1.54) is 16.5 Å². The van der Waals surface area contributed by atoms with E-state index in [1.54, 1.807) is 0 Å². The van der Waals surface area contributed by atoms with Gasteiger partial charge in [0.05, 0.1) is 13.0 Å². The lowest BCUT2D eigenvalue weighted by Crippen LogP contribution is -2.39. The van der Waals surface area contributed by atoms with Gasteiger partial charge in [0.2, 0.25) is 5.91 Å². The van der Waals surface area contributed by atoms with Crippen LogP contribution in [0.25, 0.3) is 10.9 Å². The third-order valence-electron chi connectivity index (χ3n) is 5.43. The lowest BCUT2D eigenvalue weighted by atomic mass is 10.1. The number of likely N-dealkylation sites (N-methyl/N-ethyl adjacent to an activating group) is 1. The smallest absolute Gasteiger partial charge is 0.330 e.